The summed E-state index contributed by atoms with van der Waals surface area (Å²) in [4.78, 5) is 0.252. The lowest BCUT2D eigenvalue weighted by Gasteiger charge is -2.08. The highest BCUT2D eigenvalue weighted by atomic mass is 32.2. The van der Waals surface area contributed by atoms with Gasteiger partial charge < -0.3 is 5.11 Å². The first kappa shape index (κ1) is 12.5. The maximum absolute atomic E-state index is 11.9. The second-order valence-corrected chi connectivity index (χ2v) is 6.31. The van der Waals surface area contributed by atoms with Crippen molar-refractivity contribution in [2.24, 2.45) is 5.92 Å². The van der Waals surface area contributed by atoms with Gasteiger partial charge in [-0.3, -0.25) is 0 Å². The van der Waals surface area contributed by atoms with Crippen LogP contribution in [-0.4, -0.2) is 20.1 Å². The Kier molecular flexibility index (Phi) is 3.51. The number of aliphatic hydroxyl groups excluding tert-OH is 1. The van der Waals surface area contributed by atoms with Crippen LogP contribution in [0.25, 0.3) is 0 Å². The third-order valence-corrected chi connectivity index (χ3v) is 4.37. The third-order valence-electron chi connectivity index (χ3n) is 2.93. The van der Waals surface area contributed by atoms with Gasteiger partial charge in [0, 0.05) is 6.54 Å². The molecule has 0 heterocycles. The number of hydrogen-bond donors (Lipinski definition) is 2. The highest BCUT2D eigenvalue weighted by molar-refractivity contribution is 7.89. The summed E-state index contributed by atoms with van der Waals surface area (Å²) in [5, 5.41) is 9.34. The van der Waals surface area contributed by atoms with Crippen LogP contribution < -0.4 is 4.72 Å². The van der Waals surface area contributed by atoms with Crippen molar-refractivity contribution in [3.05, 3.63) is 29.8 Å². The third kappa shape index (κ3) is 3.28. The standard InChI is InChI=1S/C12H17NO3S/c1-9(14)11-4-6-12(7-5-11)17(15,16)13-8-10-2-3-10/h4-7,9-10,13-14H,2-3,8H2,1H3. The highest BCUT2D eigenvalue weighted by Crippen LogP contribution is 2.28. The summed E-state index contributed by atoms with van der Waals surface area (Å²) < 4.78 is 26.3. The second kappa shape index (κ2) is 4.76. The van der Waals surface area contributed by atoms with Gasteiger partial charge in [-0.1, -0.05) is 12.1 Å². The maximum atomic E-state index is 11.9. The summed E-state index contributed by atoms with van der Waals surface area (Å²) in [5.41, 5.74) is 0.714. The molecule has 1 saturated carbocycles. The van der Waals surface area contributed by atoms with E-state index in [0.717, 1.165) is 12.8 Å². The van der Waals surface area contributed by atoms with Gasteiger partial charge in [0.15, 0.2) is 0 Å². The molecular weight excluding hydrogens is 238 g/mol. The van der Waals surface area contributed by atoms with Crippen LogP contribution in [0.3, 0.4) is 0 Å². The normalized spacial score (nSPS) is 18.0. The molecule has 1 aromatic carbocycles. The lowest BCUT2D eigenvalue weighted by molar-refractivity contribution is 0.199. The van der Waals surface area contributed by atoms with Gasteiger partial charge in [0.05, 0.1) is 11.0 Å². The van der Waals surface area contributed by atoms with Gasteiger partial charge in [-0.25, -0.2) is 13.1 Å². The molecule has 1 aromatic rings. The van der Waals surface area contributed by atoms with Crippen LogP contribution in [-0.2, 0) is 10.0 Å². The molecule has 2 N–H and O–H groups in total. The van der Waals surface area contributed by atoms with Crippen LogP contribution in [0.1, 0.15) is 31.4 Å². The monoisotopic (exact) mass is 255 g/mol. The molecule has 0 saturated heterocycles. The lowest BCUT2D eigenvalue weighted by Crippen LogP contribution is -2.25. The van der Waals surface area contributed by atoms with Gasteiger partial charge >= 0.3 is 0 Å². The van der Waals surface area contributed by atoms with E-state index < -0.39 is 16.1 Å². The quantitative estimate of drug-likeness (QED) is 0.836. The molecule has 17 heavy (non-hydrogen) atoms. The minimum Gasteiger partial charge on any atom is -0.389 e. The maximum Gasteiger partial charge on any atom is 0.240 e. The van der Waals surface area contributed by atoms with Crippen molar-refractivity contribution in [2.45, 2.75) is 30.8 Å². The molecule has 5 heteroatoms. The minimum atomic E-state index is -3.39. The Bertz CT molecular complexity index is 475. The molecule has 1 aliphatic rings. The molecule has 94 valence electrons. The molecule has 1 aliphatic carbocycles. The van der Waals surface area contributed by atoms with Crippen molar-refractivity contribution in [3.8, 4) is 0 Å². The van der Waals surface area contributed by atoms with E-state index >= 15 is 0 Å². The summed E-state index contributed by atoms with van der Waals surface area (Å²) >= 11 is 0. The molecule has 1 atom stereocenters. The van der Waals surface area contributed by atoms with E-state index in [-0.39, 0.29) is 4.90 Å². The van der Waals surface area contributed by atoms with Gasteiger partial charge in [-0.2, -0.15) is 0 Å². The topological polar surface area (TPSA) is 66.4 Å². The molecule has 0 aromatic heterocycles. The van der Waals surface area contributed by atoms with Crippen LogP contribution in [0, 0.1) is 5.92 Å². The van der Waals surface area contributed by atoms with Gasteiger partial charge in [-0.05, 0) is 43.4 Å². The van der Waals surface area contributed by atoms with Crippen molar-refractivity contribution in [2.75, 3.05) is 6.54 Å². The van der Waals surface area contributed by atoms with E-state index in [2.05, 4.69) is 4.72 Å². The number of benzene rings is 1. The summed E-state index contributed by atoms with van der Waals surface area (Å²) in [5.74, 6) is 0.515. The highest BCUT2D eigenvalue weighted by Gasteiger charge is 2.24. The predicted octanol–water partition coefficient (Wildman–Crippen LogP) is 1.43. The number of rotatable bonds is 5. The van der Waals surface area contributed by atoms with Crippen molar-refractivity contribution in [3.63, 3.8) is 0 Å². The lowest BCUT2D eigenvalue weighted by atomic mass is 10.1. The second-order valence-electron chi connectivity index (χ2n) is 4.54. The zero-order valence-electron chi connectivity index (χ0n) is 9.76. The van der Waals surface area contributed by atoms with Crippen LogP contribution >= 0.6 is 0 Å². The van der Waals surface area contributed by atoms with Crippen molar-refractivity contribution in [1.82, 2.24) is 4.72 Å². The fourth-order valence-electron chi connectivity index (χ4n) is 1.56. The van der Waals surface area contributed by atoms with E-state index in [4.69, 9.17) is 0 Å². The Balaban J connectivity index is 2.09. The Morgan fingerprint density at radius 1 is 1.35 bits per heavy atom. The van der Waals surface area contributed by atoms with E-state index in [0.29, 0.717) is 18.0 Å². The van der Waals surface area contributed by atoms with E-state index in [9.17, 15) is 13.5 Å². The number of hydrogen-bond acceptors (Lipinski definition) is 3. The largest absolute Gasteiger partial charge is 0.389 e. The summed E-state index contributed by atoms with van der Waals surface area (Å²) in [6.45, 7) is 2.18. The Hall–Kier alpha value is -0.910. The molecule has 0 amide bonds. The van der Waals surface area contributed by atoms with Gasteiger partial charge in [0.2, 0.25) is 10.0 Å². The minimum absolute atomic E-state index is 0.252. The molecule has 4 nitrogen and oxygen atoms in total. The van der Waals surface area contributed by atoms with Crippen molar-refractivity contribution in [1.29, 1.82) is 0 Å². The van der Waals surface area contributed by atoms with Crippen LogP contribution in [0.15, 0.2) is 29.2 Å². The summed E-state index contributed by atoms with van der Waals surface area (Å²) in [6, 6.07) is 6.32. The van der Waals surface area contributed by atoms with Gasteiger partial charge in [0.25, 0.3) is 0 Å². The predicted molar refractivity (Wildman–Crippen MR) is 65.0 cm³/mol. The molecular formula is C12H17NO3S. The first-order chi connectivity index (χ1) is 7.99. The molecule has 1 unspecified atom stereocenters. The Morgan fingerprint density at radius 3 is 2.41 bits per heavy atom. The number of aliphatic hydroxyl groups is 1. The molecule has 0 radical (unpaired) electrons. The first-order valence-corrected chi connectivity index (χ1v) is 7.25. The number of sulfonamides is 1. The smallest absolute Gasteiger partial charge is 0.240 e. The SMILES string of the molecule is CC(O)c1ccc(S(=O)(=O)NCC2CC2)cc1. The summed E-state index contributed by atoms with van der Waals surface area (Å²) in [7, 11) is -3.39. The van der Waals surface area contributed by atoms with Crippen LogP contribution in [0.4, 0.5) is 0 Å². The molecule has 0 spiro atoms. The fraction of sp³-hybridized carbons (Fsp3) is 0.500. The average Bonchev–Trinajstić information content (AvgIpc) is 3.10. The van der Waals surface area contributed by atoms with E-state index in [1.807, 2.05) is 0 Å². The number of nitrogens with one attached hydrogen (secondary N) is 1. The molecule has 0 aliphatic heterocycles. The average molecular weight is 255 g/mol. The molecule has 2 rings (SSSR count). The van der Waals surface area contributed by atoms with Crippen molar-refractivity contribution >= 4 is 10.0 Å². The zero-order chi connectivity index (χ0) is 12.5. The van der Waals surface area contributed by atoms with E-state index in [1.165, 1.54) is 12.1 Å². The van der Waals surface area contributed by atoms with Gasteiger partial charge in [-0.15, -0.1) is 0 Å². The zero-order valence-corrected chi connectivity index (χ0v) is 10.6. The molecule has 0 bridgehead atoms. The van der Waals surface area contributed by atoms with Crippen LogP contribution in [0.2, 0.25) is 0 Å². The summed E-state index contributed by atoms with van der Waals surface area (Å²) in [6.07, 6.45) is 1.65. The Labute approximate surface area is 102 Å². The van der Waals surface area contributed by atoms with Gasteiger partial charge in [0.1, 0.15) is 0 Å². The first-order valence-electron chi connectivity index (χ1n) is 5.77. The van der Waals surface area contributed by atoms with E-state index in [1.54, 1.807) is 19.1 Å². The van der Waals surface area contributed by atoms with Crippen molar-refractivity contribution < 1.29 is 13.5 Å². The van der Waals surface area contributed by atoms with Crippen LogP contribution in [0.5, 0.6) is 0 Å². The Morgan fingerprint density at radius 2 is 1.94 bits per heavy atom. The molecule has 1 fully saturated rings. The fourth-order valence-corrected chi connectivity index (χ4v) is 2.67.